The van der Waals surface area contributed by atoms with Crippen LogP contribution in [0.25, 0.3) is 0 Å². The SMILES string of the molecule is C=C(C)CC(=O)Nc1cccc(N)n1. The van der Waals surface area contributed by atoms with E-state index >= 15 is 0 Å². The van der Waals surface area contributed by atoms with Gasteiger partial charge in [0.05, 0.1) is 0 Å². The van der Waals surface area contributed by atoms with E-state index in [0.717, 1.165) is 5.57 Å². The van der Waals surface area contributed by atoms with E-state index in [9.17, 15) is 4.79 Å². The first kappa shape index (κ1) is 10.2. The molecule has 0 atom stereocenters. The van der Waals surface area contributed by atoms with Gasteiger partial charge in [-0.25, -0.2) is 4.98 Å². The fourth-order valence-electron chi connectivity index (χ4n) is 0.982. The second-order valence-corrected chi connectivity index (χ2v) is 3.13. The van der Waals surface area contributed by atoms with Gasteiger partial charge in [0.25, 0.3) is 0 Å². The molecule has 0 unspecified atom stereocenters. The van der Waals surface area contributed by atoms with Gasteiger partial charge in [0.15, 0.2) is 0 Å². The normalized spacial score (nSPS) is 9.50. The number of nitrogens with one attached hydrogen (secondary N) is 1. The topological polar surface area (TPSA) is 68.0 Å². The minimum atomic E-state index is -0.129. The lowest BCUT2D eigenvalue weighted by molar-refractivity contribution is -0.115. The average molecular weight is 191 g/mol. The summed E-state index contributed by atoms with van der Waals surface area (Å²) in [5.41, 5.74) is 6.27. The first-order valence-electron chi connectivity index (χ1n) is 4.24. The number of nitrogen functional groups attached to an aromatic ring is 1. The number of aromatic nitrogens is 1. The molecule has 0 aliphatic rings. The van der Waals surface area contributed by atoms with Crippen molar-refractivity contribution >= 4 is 17.5 Å². The molecule has 4 nitrogen and oxygen atoms in total. The number of amides is 1. The molecule has 0 aliphatic carbocycles. The van der Waals surface area contributed by atoms with Crippen LogP contribution in [0.3, 0.4) is 0 Å². The monoisotopic (exact) mass is 191 g/mol. The second-order valence-electron chi connectivity index (χ2n) is 3.13. The van der Waals surface area contributed by atoms with Gasteiger partial charge in [-0.15, -0.1) is 0 Å². The number of nitrogens with zero attached hydrogens (tertiary/aromatic N) is 1. The van der Waals surface area contributed by atoms with Gasteiger partial charge in [0, 0.05) is 6.42 Å². The van der Waals surface area contributed by atoms with Crippen molar-refractivity contribution in [3.05, 3.63) is 30.4 Å². The summed E-state index contributed by atoms with van der Waals surface area (Å²) in [7, 11) is 0. The molecule has 1 aromatic heterocycles. The molecule has 0 saturated heterocycles. The number of carbonyl (C=O) groups is 1. The Balaban J connectivity index is 2.60. The Bertz CT molecular complexity index is 360. The predicted octanol–water partition coefficient (Wildman–Crippen LogP) is 1.57. The van der Waals surface area contributed by atoms with Crippen LogP contribution < -0.4 is 11.1 Å². The van der Waals surface area contributed by atoms with E-state index in [-0.39, 0.29) is 5.91 Å². The van der Waals surface area contributed by atoms with Gasteiger partial charge in [-0.2, -0.15) is 0 Å². The van der Waals surface area contributed by atoms with E-state index in [1.807, 2.05) is 0 Å². The van der Waals surface area contributed by atoms with Crippen LogP contribution in [0, 0.1) is 0 Å². The smallest absolute Gasteiger partial charge is 0.229 e. The van der Waals surface area contributed by atoms with E-state index in [0.29, 0.717) is 18.1 Å². The fraction of sp³-hybridized carbons (Fsp3) is 0.200. The molecule has 0 spiro atoms. The van der Waals surface area contributed by atoms with Crippen molar-refractivity contribution in [2.75, 3.05) is 11.1 Å². The largest absolute Gasteiger partial charge is 0.384 e. The molecule has 1 aromatic rings. The van der Waals surface area contributed by atoms with Gasteiger partial charge in [0.1, 0.15) is 11.6 Å². The summed E-state index contributed by atoms with van der Waals surface area (Å²) >= 11 is 0. The molecule has 0 radical (unpaired) electrons. The number of hydrogen-bond acceptors (Lipinski definition) is 3. The lowest BCUT2D eigenvalue weighted by Crippen LogP contribution is -2.12. The summed E-state index contributed by atoms with van der Waals surface area (Å²) in [6, 6.07) is 5.08. The summed E-state index contributed by atoms with van der Waals surface area (Å²) < 4.78 is 0. The molecule has 14 heavy (non-hydrogen) atoms. The summed E-state index contributed by atoms with van der Waals surface area (Å²) in [5.74, 6) is 0.727. The third kappa shape index (κ3) is 3.26. The minimum Gasteiger partial charge on any atom is -0.384 e. The number of hydrogen-bond donors (Lipinski definition) is 2. The summed E-state index contributed by atoms with van der Waals surface area (Å²) in [4.78, 5) is 15.2. The maximum Gasteiger partial charge on any atom is 0.229 e. The Morgan fingerprint density at radius 1 is 1.64 bits per heavy atom. The second kappa shape index (κ2) is 4.41. The first-order chi connectivity index (χ1) is 6.58. The summed E-state index contributed by atoms with van der Waals surface area (Å²) in [6.07, 6.45) is 0.302. The van der Waals surface area contributed by atoms with Crippen molar-refractivity contribution in [3.8, 4) is 0 Å². The van der Waals surface area contributed by atoms with E-state index in [4.69, 9.17) is 5.73 Å². The Hall–Kier alpha value is -1.84. The lowest BCUT2D eigenvalue weighted by Gasteiger charge is -2.04. The zero-order valence-electron chi connectivity index (χ0n) is 8.08. The summed E-state index contributed by atoms with van der Waals surface area (Å²) in [5, 5.41) is 2.62. The van der Waals surface area contributed by atoms with Crippen molar-refractivity contribution in [1.82, 2.24) is 4.98 Å². The molecule has 0 fully saturated rings. The zero-order chi connectivity index (χ0) is 10.6. The highest BCUT2D eigenvalue weighted by Crippen LogP contribution is 2.07. The van der Waals surface area contributed by atoms with Crippen LogP contribution in [0.2, 0.25) is 0 Å². The number of nitrogens with two attached hydrogens (primary N) is 1. The van der Waals surface area contributed by atoms with Crippen LogP contribution in [0.5, 0.6) is 0 Å². The quantitative estimate of drug-likeness (QED) is 0.712. The van der Waals surface area contributed by atoms with E-state index < -0.39 is 0 Å². The van der Waals surface area contributed by atoms with Gasteiger partial charge < -0.3 is 11.1 Å². The van der Waals surface area contributed by atoms with Crippen LogP contribution in [0.1, 0.15) is 13.3 Å². The maximum atomic E-state index is 11.3. The van der Waals surface area contributed by atoms with E-state index in [1.54, 1.807) is 25.1 Å². The van der Waals surface area contributed by atoms with Crippen LogP contribution in [0.4, 0.5) is 11.6 Å². The van der Waals surface area contributed by atoms with Gasteiger partial charge in [-0.3, -0.25) is 4.79 Å². The molecular weight excluding hydrogens is 178 g/mol. The predicted molar refractivity (Wildman–Crippen MR) is 56.7 cm³/mol. The highest BCUT2D eigenvalue weighted by atomic mass is 16.1. The highest BCUT2D eigenvalue weighted by molar-refractivity contribution is 5.91. The molecule has 1 rings (SSSR count). The van der Waals surface area contributed by atoms with Crippen molar-refractivity contribution < 1.29 is 4.79 Å². The van der Waals surface area contributed by atoms with Crippen molar-refractivity contribution in [2.45, 2.75) is 13.3 Å². The highest BCUT2D eigenvalue weighted by Gasteiger charge is 2.02. The Morgan fingerprint density at radius 2 is 2.36 bits per heavy atom. The third-order valence-corrected chi connectivity index (χ3v) is 1.50. The van der Waals surface area contributed by atoms with Crippen molar-refractivity contribution in [3.63, 3.8) is 0 Å². The van der Waals surface area contributed by atoms with Gasteiger partial charge in [0.2, 0.25) is 5.91 Å². The van der Waals surface area contributed by atoms with E-state index in [2.05, 4.69) is 16.9 Å². The Kier molecular flexibility index (Phi) is 3.23. The lowest BCUT2D eigenvalue weighted by atomic mass is 10.2. The van der Waals surface area contributed by atoms with E-state index in [1.165, 1.54) is 0 Å². The molecule has 0 aromatic carbocycles. The summed E-state index contributed by atoms with van der Waals surface area (Å²) in [6.45, 7) is 5.45. The van der Waals surface area contributed by atoms with Crippen LogP contribution >= 0.6 is 0 Å². The zero-order valence-corrected chi connectivity index (χ0v) is 8.08. The van der Waals surface area contributed by atoms with Crippen molar-refractivity contribution in [1.29, 1.82) is 0 Å². The van der Waals surface area contributed by atoms with Crippen LogP contribution in [-0.4, -0.2) is 10.9 Å². The van der Waals surface area contributed by atoms with Gasteiger partial charge in [-0.05, 0) is 19.1 Å². The van der Waals surface area contributed by atoms with Crippen molar-refractivity contribution in [2.24, 2.45) is 0 Å². The molecule has 1 amide bonds. The minimum absolute atomic E-state index is 0.129. The molecule has 74 valence electrons. The fourth-order valence-corrected chi connectivity index (χ4v) is 0.982. The average Bonchev–Trinajstić information content (AvgIpc) is 2.01. The van der Waals surface area contributed by atoms with Crippen LogP contribution in [-0.2, 0) is 4.79 Å². The molecular formula is C10H13N3O. The Morgan fingerprint density at radius 3 is 2.93 bits per heavy atom. The van der Waals surface area contributed by atoms with Gasteiger partial charge in [-0.1, -0.05) is 18.2 Å². The molecule has 3 N–H and O–H groups in total. The van der Waals surface area contributed by atoms with Gasteiger partial charge >= 0.3 is 0 Å². The maximum absolute atomic E-state index is 11.3. The Labute approximate surface area is 82.8 Å². The number of carbonyl (C=O) groups excluding carboxylic acids is 1. The first-order valence-corrected chi connectivity index (χ1v) is 4.24. The standard InChI is InChI=1S/C10H13N3O/c1-7(2)6-10(14)13-9-5-3-4-8(11)12-9/h3-5H,1,6H2,2H3,(H3,11,12,13,14). The number of pyridine rings is 1. The number of rotatable bonds is 3. The third-order valence-electron chi connectivity index (χ3n) is 1.50. The molecule has 4 heteroatoms. The molecule has 0 saturated carbocycles. The molecule has 1 heterocycles. The molecule has 0 aliphatic heterocycles. The molecule has 0 bridgehead atoms. The number of anilines is 2. The van der Waals surface area contributed by atoms with Crippen LogP contribution in [0.15, 0.2) is 30.4 Å².